The zero-order valence-corrected chi connectivity index (χ0v) is 17.6. The maximum Gasteiger partial charge on any atom is 0.271 e. The van der Waals surface area contributed by atoms with Crippen LogP contribution >= 0.6 is 0 Å². The summed E-state index contributed by atoms with van der Waals surface area (Å²) in [5.74, 6) is -0.434. The van der Waals surface area contributed by atoms with Crippen molar-refractivity contribution >= 4 is 15.9 Å². The van der Waals surface area contributed by atoms with Crippen LogP contribution < -0.4 is 10.9 Å². The van der Waals surface area contributed by atoms with E-state index in [1.807, 2.05) is 0 Å². The minimum atomic E-state index is -3.52. The van der Waals surface area contributed by atoms with Crippen LogP contribution in [0.15, 0.2) is 46.1 Å². The van der Waals surface area contributed by atoms with Gasteiger partial charge in [-0.2, -0.15) is 9.40 Å². The number of methoxy groups -OCH3 is 1. The normalized spacial score (nSPS) is 11.6. The molecular formula is C19H26N4O5S. The summed E-state index contributed by atoms with van der Waals surface area (Å²) in [6.45, 7) is 5.13. The Morgan fingerprint density at radius 1 is 1.14 bits per heavy atom. The van der Waals surface area contributed by atoms with Crippen LogP contribution in [-0.4, -0.2) is 55.2 Å². The minimum Gasteiger partial charge on any atom is -0.383 e. The van der Waals surface area contributed by atoms with Crippen molar-refractivity contribution in [3.8, 4) is 0 Å². The molecule has 0 aliphatic carbocycles. The van der Waals surface area contributed by atoms with Gasteiger partial charge in [-0.1, -0.05) is 26.0 Å². The van der Waals surface area contributed by atoms with Crippen LogP contribution in [0.5, 0.6) is 0 Å². The summed E-state index contributed by atoms with van der Waals surface area (Å²) in [6, 6.07) is 9.01. The van der Waals surface area contributed by atoms with E-state index < -0.39 is 15.9 Å². The molecule has 0 spiro atoms. The SMILES string of the molecule is CCN(CC)S(=O)(=O)c1ccc(CNC(=O)c2ccc(=O)n(CCOC)n2)cc1. The molecule has 0 unspecified atom stereocenters. The summed E-state index contributed by atoms with van der Waals surface area (Å²) in [5, 5.41) is 6.75. The summed E-state index contributed by atoms with van der Waals surface area (Å²) in [6.07, 6.45) is 0. The molecule has 1 N–H and O–H groups in total. The van der Waals surface area contributed by atoms with Crippen molar-refractivity contribution in [1.29, 1.82) is 0 Å². The van der Waals surface area contributed by atoms with Gasteiger partial charge in [0.1, 0.15) is 5.69 Å². The number of nitrogens with one attached hydrogen (secondary N) is 1. The Labute approximate surface area is 170 Å². The molecule has 0 fully saturated rings. The molecule has 0 radical (unpaired) electrons. The van der Waals surface area contributed by atoms with E-state index in [4.69, 9.17) is 4.74 Å². The minimum absolute atomic E-state index is 0.112. The fourth-order valence-electron chi connectivity index (χ4n) is 2.67. The summed E-state index contributed by atoms with van der Waals surface area (Å²) in [5.41, 5.74) is 0.537. The van der Waals surface area contributed by atoms with E-state index in [1.54, 1.807) is 26.0 Å². The Kier molecular flexibility index (Phi) is 8.06. The highest BCUT2D eigenvalue weighted by Gasteiger charge is 2.21. The number of hydrogen-bond donors (Lipinski definition) is 1. The third kappa shape index (κ3) is 5.72. The third-order valence-corrected chi connectivity index (χ3v) is 6.39. The number of carbonyl (C=O) groups is 1. The van der Waals surface area contributed by atoms with E-state index in [-0.39, 0.29) is 29.2 Å². The van der Waals surface area contributed by atoms with Gasteiger partial charge >= 0.3 is 0 Å². The van der Waals surface area contributed by atoms with Crippen LogP contribution in [0.4, 0.5) is 0 Å². The molecule has 9 nitrogen and oxygen atoms in total. The standard InChI is InChI=1S/C19H26N4O5S/c1-4-22(5-2)29(26,27)16-8-6-15(7-9-16)14-20-19(25)17-10-11-18(24)23(21-17)12-13-28-3/h6-11H,4-5,12-14H2,1-3H3,(H,20,25). The van der Waals surface area contributed by atoms with Gasteiger partial charge in [-0.15, -0.1) is 0 Å². The smallest absolute Gasteiger partial charge is 0.271 e. The number of sulfonamides is 1. The lowest BCUT2D eigenvalue weighted by atomic mass is 10.2. The first-order valence-corrected chi connectivity index (χ1v) is 10.7. The zero-order valence-electron chi connectivity index (χ0n) is 16.8. The highest BCUT2D eigenvalue weighted by atomic mass is 32.2. The summed E-state index contributed by atoms with van der Waals surface area (Å²) >= 11 is 0. The molecule has 0 aliphatic rings. The van der Waals surface area contributed by atoms with E-state index in [9.17, 15) is 18.0 Å². The van der Waals surface area contributed by atoms with Gasteiger partial charge < -0.3 is 10.1 Å². The molecule has 158 valence electrons. The predicted molar refractivity (Wildman–Crippen MR) is 108 cm³/mol. The second kappa shape index (κ2) is 10.3. The van der Waals surface area contributed by atoms with Crippen LogP contribution in [-0.2, 0) is 27.8 Å². The Morgan fingerprint density at radius 3 is 2.38 bits per heavy atom. The van der Waals surface area contributed by atoms with Gasteiger partial charge in [0.05, 0.1) is 18.0 Å². The topological polar surface area (TPSA) is 111 Å². The molecule has 1 aromatic carbocycles. The van der Waals surface area contributed by atoms with E-state index in [1.165, 1.54) is 40.4 Å². The lowest BCUT2D eigenvalue weighted by Gasteiger charge is -2.18. The van der Waals surface area contributed by atoms with Crippen molar-refractivity contribution < 1.29 is 17.9 Å². The summed E-state index contributed by atoms with van der Waals surface area (Å²) in [4.78, 5) is 24.3. The molecule has 2 rings (SSSR count). The van der Waals surface area contributed by atoms with Crippen molar-refractivity contribution in [2.24, 2.45) is 0 Å². The molecule has 1 aromatic heterocycles. The lowest BCUT2D eigenvalue weighted by Crippen LogP contribution is -2.31. The fourth-order valence-corrected chi connectivity index (χ4v) is 4.13. The van der Waals surface area contributed by atoms with Gasteiger partial charge in [0.25, 0.3) is 11.5 Å². The predicted octanol–water partition coefficient (Wildman–Crippen LogP) is 0.850. The van der Waals surface area contributed by atoms with Crippen molar-refractivity contribution in [2.45, 2.75) is 31.8 Å². The second-order valence-electron chi connectivity index (χ2n) is 6.19. The molecule has 10 heteroatoms. The van der Waals surface area contributed by atoms with E-state index in [2.05, 4.69) is 10.4 Å². The number of ether oxygens (including phenoxy) is 1. The molecule has 29 heavy (non-hydrogen) atoms. The highest BCUT2D eigenvalue weighted by molar-refractivity contribution is 7.89. The largest absolute Gasteiger partial charge is 0.383 e. The first-order chi connectivity index (χ1) is 13.8. The van der Waals surface area contributed by atoms with Crippen molar-refractivity contribution in [3.05, 3.63) is 58.0 Å². The first kappa shape index (κ1) is 22.7. The first-order valence-electron chi connectivity index (χ1n) is 9.27. The number of amides is 1. The van der Waals surface area contributed by atoms with Gasteiger partial charge in [-0.05, 0) is 23.8 Å². The van der Waals surface area contributed by atoms with E-state index >= 15 is 0 Å². The molecule has 0 atom stereocenters. The molecule has 0 bridgehead atoms. The van der Waals surface area contributed by atoms with Gasteiger partial charge in [-0.25, -0.2) is 13.1 Å². The number of aromatic nitrogens is 2. The molecule has 0 saturated heterocycles. The third-order valence-electron chi connectivity index (χ3n) is 4.33. The van der Waals surface area contributed by atoms with Crippen molar-refractivity contribution in [3.63, 3.8) is 0 Å². The molecule has 1 amide bonds. The van der Waals surface area contributed by atoms with E-state index in [0.717, 1.165) is 5.56 Å². The molecular weight excluding hydrogens is 396 g/mol. The lowest BCUT2D eigenvalue weighted by molar-refractivity contribution is 0.0942. The van der Waals surface area contributed by atoms with Crippen LogP contribution in [0.2, 0.25) is 0 Å². The van der Waals surface area contributed by atoms with Gasteiger partial charge in [0.2, 0.25) is 10.0 Å². The Balaban J connectivity index is 2.05. The van der Waals surface area contributed by atoms with Gasteiger partial charge in [0.15, 0.2) is 0 Å². The number of nitrogens with zero attached hydrogens (tertiary/aromatic N) is 3. The fraction of sp³-hybridized carbons (Fsp3) is 0.421. The Morgan fingerprint density at radius 2 is 1.79 bits per heavy atom. The molecule has 1 heterocycles. The maximum absolute atomic E-state index is 12.5. The Hall–Kier alpha value is -2.56. The van der Waals surface area contributed by atoms with Crippen LogP contribution in [0, 0.1) is 0 Å². The van der Waals surface area contributed by atoms with Gasteiger partial charge in [0, 0.05) is 32.8 Å². The molecule has 2 aromatic rings. The highest BCUT2D eigenvalue weighted by Crippen LogP contribution is 2.16. The van der Waals surface area contributed by atoms with E-state index in [0.29, 0.717) is 19.7 Å². The maximum atomic E-state index is 12.5. The zero-order chi connectivity index (χ0) is 21.4. The summed E-state index contributed by atoms with van der Waals surface area (Å²) in [7, 11) is -2.00. The van der Waals surface area contributed by atoms with Crippen LogP contribution in [0.1, 0.15) is 29.9 Å². The van der Waals surface area contributed by atoms with Crippen molar-refractivity contribution in [2.75, 3.05) is 26.8 Å². The monoisotopic (exact) mass is 422 g/mol. The quantitative estimate of drug-likeness (QED) is 0.608. The van der Waals surface area contributed by atoms with Gasteiger partial charge in [-0.3, -0.25) is 9.59 Å². The number of rotatable bonds is 10. The number of benzene rings is 1. The molecule has 0 aliphatic heterocycles. The summed E-state index contributed by atoms with van der Waals surface area (Å²) < 4.78 is 32.5. The number of hydrogen-bond acceptors (Lipinski definition) is 6. The van der Waals surface area contributed by atoms with Crippen LogP contribution in [0.3, 0.4) is 0 Å². The Bertz CT molecular complexity index is 982. The number of carbonyl (C=O) groups excluding carboxylic acids is 1. The van der Waals surface area contributed by atoms with Crippen LogP contribution in [0.25, 0.3) is 0 Å². The van der Waals surface area contributed by atoms with Crippen molar-refractivity contribution in [1.82, 2.24) is 19.4 Å². The average Bonchev–Trinajstić information content (AvgIpc) is 2.72. The second-order valence-corrected chi connectivity index (χ2v) is 8.13. The molecule has 0 saturated carbocycles. The average molecular weight is 423 g/mol.